The summed E-state index contributed by atoms with van der Waals surface area (Å²) in [5, 5.41) is 3.67. The maximum Gasteiger partial charge on any atom is 0.119 e. The first-order valence-corrected chi connectivity index (χ1v) is 7.76. The molecular formula is C19H23NO. The molecule has 0 amide bonds. The second kappa shape index (κ2) is 6.31. The first kappa shape index (κ1) is 14.2. The first-order valence-electron chi connectivity index (χ1n) is 7.76. The Bertz CT molecular complexity index is 608. The molecule has 0 spiro atoms. The van der Waals surface area contributed by atoms with Gasteiger partial charge in [-0.25, -0.2) is 0 Å². The minimum Gasteiger partial charge on any atom is -0.497 e. The lowest BCUT2D eigenvalue weighted by Crippen LogP contribution is -2.41. The van der Waals surface area contributed by atoms with E-state index in [4.69, 9.17) is 4.74 Å². The van der Waals surface area contributed by atoms with Crippen molar-refractivity contribution in [2.45, 2.75) is 31.7 Å². The van der Waals surface area contributed by atoms with Crippen molar-refractivity contribution in [3.05, 3.63) is 65.2 Å². The van der Waals surface area contributed by atoms with Crippen LogP contribution >= 0.6 is 0 Å². The summed E-state index contributed by atoms with van der Waals surface area (Å²) in [6.07, 6.45) is 2.24. The van der Waals surface area contributed by atoms with Gasteiger partial charge in [-0.3, -0.25) is 0 Å². The minimum atomic E-state index is 0.497. The van der Waals surface area contributed by atoms with E-state index in [1.54, 1.807) is 7.11 Å². The van der Waals surface area contributed by atoms with Gasteiger partial charge >= 0.3 is 0 Å². The molecule has 1 N–H and O–H groups in total. The standard InChI is InChI=1S/C19H23NO/c1-3-20-19(12-14-7-6-9-16(11-14)21-2)18-13-15-8-4-5-10-17(15)18/h4-11,18-20H,3,12-13H2,1-2H3. The van der Waals surface area contributed by atoms with Crippen LogP contribution in [0.25, 0.3) is 0 Å². The Morgan fingerprint density at radius 3 is 2.81 bits per heavy atom. The van der Waals surface area contributed by atoms with Gasteiger partial charge in [0, 0.05) is 12.0 Å². The van der Waals surface area contributed by atoms with Gasteiger partial charge in [-0.2, -0.15) is 0 Å². The molecule has 110 valence electrons. The first-order chi connectivity index (χ1) is 10.3. The highest BCUT2D eigenvalue weighted by atomic mass is 16.5. The van der Waals surface area contributed by atoms with Gasteiger partial charge in [0.1, 0.15) is 5.75 Å². The summed E-state index contributed by atoms with van der Waals surface area (Å²) in [4.78, 5) is 0. The Morgan fingerprint density at radius 2 is 2.05 bits per heavy atom. The van der Waals surface area contributed by atoms with Crippen molar-refractivity contribution in [2.24, 2.45) is 0 Å². The van der Waals surface area contributed by atoms with E-state index in [0.29, 0.717) is 12.0 Å². The molecule has 3 rings (SSSR count). The van der Waals surface area contributed by atoms with Crippen LogP contribution in [0.2, 0.25) is 0 Å². The van der Waals surface area contributed by atoms with Crippen LogP contribution in [-0.4, -0.2) is 19.7 Å². The van der Waals surface area contributed by atoms with Crippen molar-refractivity contribution in [3.8, 4) is 5.75 Å². The minimum absolute atomic E-state index is 0.497. The van der Waals surface area contributed by atoms with Crippen molar-refractivity contribution in [2.75, 3.05) is 13.7 Å². The molecule has 0 aromatic heterocycles. The van der Waals surface area contributed by atoms with Gasteiger partial charge in [-0.1, -0.05) is 43.3 Å². The predicted molar refractivity (Wildman–Crippen MR) is 87.0 cm³/mol. The van der Waals surface area contributed by atoms with Crippen LogP contribution in [-0.2, 0) is 12.8 Å². The third-order valence-corrected chi connectivity index (χ3v) is 4.44. The lowest BCUT2D eigenvalue weighted by Gasteiger charge is -2.37. The quantitative estimate of drug-likeness (QED) is 0.874. The topological polar surface area (TPSA) is 21.3 Å². The fraction of sp³-hybridized carbons (Fsp3) is 0.368. The van der Waals surface area contributed by atoms with E-state index in [1.165, 1.54) is 23.1 Å². The van der Waals surface area contributed by atoms with E-state index >= 15 is 0 Å². The monoisotopic (exact) mass is 281 g/mol. The Morgan fingerprint density at radius 1 is 1.19 bits per heavy atom. The van der Waals surface area contributed by atoms with E-state index in [1.807, 2.05) is 6.07 Å². The molecule has 0 fully saturated rings. The van der Waals surface area contributed by atoms with Crippen LogP contribution in [0.1, 0.15) is 29.5 Å². The summed E-state index contributed by atoms with van der Waals surface area (Å²) < 4.78 is 5.33. The molecule has 0 aliphatic heterocycles. The number of ether oxygens (including phenoxy) is 1. The van der Waals surface area contributed by atoms with Gasteiger partial charge in [0.2, 0.25) is 0 Å². The summed E-state index contributed by atoms with van der Waals surface area (Å²) in [6, 6.07) is 17.7. The number of rotatable bonds is 6. The largest absolute Gasteiger partial charge is 0.497 e. The van der Waals surface area contributed by atoms with Crippen LogP contribution in [0, 0.1) is 0 Å². The van der Waals surface area contributed by atoms with Crippen molar-refractivity contribution in [1.82, 2.24) is 5.32 Å². The van der Waals surface area contributed by atoms with Gasteiger partial charge in [0.05, 0.1) is 7.11 Å². The summed E-state index contributed by atoms with van der Waals surface area (Å²) in [5.74, 6) is 1.57. The number of hydrogen-bond acceptors (Lipinski definition) is 2. The maximum atomic E-state index is 5.33. The van der Waals surface area contributed by atoms with E-state index in [0.717, 1.165) is 18.7 Å². The normalized spacial score (nSPS) is 17.7. The third kappa shape index (κ3) is 2.96. The van der Waals surface area contributed by atoms with Crippen molar-refractivity contribution < 1.29 is 4.74 Å². The van der Waals surface area contributed by atoms with Gasteiger partial charge in [-0.15, -0.1) is 0 Å². The maximum absolute atomic E-state index is 5.33. The number of hydrogen-bond donors (Lipinski definition) is 1. The second-order valence-corrected chi connectivity index (χ2v) is 5.73. The molecule has 1 aliphatic rings. The van der Waals surface area contributed by atoms with Gasteiger partial charge in [-0.05, 0) is 48.2 Å². The molecule has 2 atom stereocenters. The van der Waals surface area contributed by atoms with Crippen molar-refractivity contribution in [1.29, 1.82) is 0 Å². The fourth-order valence-corrected chi connectivity index (χ4v) is 3.33. The molecule has 1 aliphatic carbocycles. The SMILES string of the molecule is CCNC(Cc1cccc(OC)c1)C1Cc2ccccc21. The lowest BCUT2D eigenvalue weighted by atomic mass is 9.72. The zero-order valence-electron chi connectivity index (χ0n) is 12.8. The van der Waals surface area contributed by atoms with E-state index in [-0.39, 0.29) is 0 Å². The van der Waals surface area contributed by atoms with Crippen LogP contribution < -0.4 is 10.1 Å². The van der Waals surface area contributed by atoms with Gasteiger partial charge in [0.15, 0.2) is 0 Å². The molecule has 2 heteroatoms. The third-order valence-electron chi connectivity index (χ3n) is 4.44. The van der Waals surface area contributed by atoms with E-state index in [2.05, 4.69) is 54.7 Å². The highest BCUT2D eigenvalue weighted by molar-refractivity contribution is 5.42. The van der Waals surface area contributed by atoms with Crippen LogP contribution in [0.3, 0.4) is 0 Å². The molecule has 21 heavy (non-hydrogen) atoms. The average Bonchev–Trinajstić information content (AvgIpc) is 2.49. The highest BCUT2D eigenvalue weighted by Gasteiger charge is 2.32. The molecule has 0 saturated heterocycles. The molecule has 2 nitrogen and oxygen atoms in total. The summed E-state index contributed by atoms with van der Waals surface area (Å²) >= 11 is 0. The summed E-state index contributed by atoms with van der Waals surface area (Å²) in [6.45, 7) is 3.19. The fourth-order valence-electron chi connectivity index (χ4n) is 3.33. The average molecular weight is 281 g/mol. The highest BCUT2D eigenvalue weighted by Crippen LogP contribution is 2.38. The predicted octanol–water partition coefficient (Wildman–Crippen LogP) is 3.56. The Hall–Kier alpha value is -1.80. The molecule has 0 heterocycles. The van der Waals surface area contributed by atoms with E-state index in [9.17, 15) is 0 Å². The molecule has 0 radical (unpaired) electrons. The molecule has 0 saturated carbocycles. The van der Waals surface area contributed by atoms with Crippen LogP contribution in [0.5, 0.6) is 5.75 Å². The number of benzene rings is 2. The Kier molecular flexibility index (Phi) is 4.26. The smallest absolute Gasteiger partial charge is 0.119 e. The molecule has 2 aromatic carbocycles. The number of fused-ring (bicyclic) bond motifs is 1. The van der Waals surface area contributed by atoms with E-state index < -0.39 is 0 Å². The van der Waals surface area contributed by atoms with Gasteiger partial charge < -0.3 is 10.1 Å². The second-order valence-electron chi connectivity index (χ2n) is 5.73. The number of likely N-dealkylation sites (N-methyl/N-ethyl adjacent to an activating group) is 1. The zero-order chi connectivity index (χ0) is 14.7. The van der Waals surface area contributed by atoms with Crippen LogP contribution in [0.15, 0.2) is 48.5 Å². The van der Waals surface area contributed by atoms with Crippen LogP contribution in [0.4, 0.5) is 0 Å². The summed E-state index contributed by atoms with van der Waals surface area (Å²) in [5.41, 5.74) is 4.37. The number of nitrogens with one attached hydrogen (secondary N) is 1. The van der Waals surface area contributed by atoms with Crippen molar-refractivity contribution in [3.63, 3.8) is 0 Å². The summed E-state index contributed by atoms with van der Waals surface area (Å²) in [7, 11) is 1.73. The zero-order valence-corrected chi connectivity index (χ0v) is 12.8. The molecule has 2 unspecified atom stereocenters. The molecule has 2 aromatic rings. The molecule has 0 bridgehead atoms. The lowest BCUT2D eigenvalue weighted by molar-refractivity contribution is 0.400. The van der Waals surface area contributed by atoms with Gasteiger partial charge in [0.25, 0.3) is 0 Å². The Balaban J connectivity index is 1.76. The Labute approximate surface area is 127 Å². The van der Waals surface area contributed by atoms with Crippen molar-refractivity contribution >= 4 is 0 Å². The molecular weight excluding hydrogens is 258 g/mol. The number of methoxy groups -OCH3 is 1.